The summed E-state index contributed by atoms with van der Waals surface area (Å²) in [5, 5.41) is 21.6. The van der Waals surface area contributed by atoms with Crippen LogP contribution in [-0.4, -0.2) is 44.1 Å². The third kappa shape index (κ3) is 3.47. The molecule has 1 atom stereocenters. The van der Waals surface area contributed by atoms with E-state index in [2.05, 4.69) is 15.4 Å². The molecule has 6 nitrogen and oxygen atoms in total. The smallest absolute Gasteiger partial charge is 0.177 e. The molecule has 1 aromatic heterocycles. The van der Waals surface area contributed by atoms with E-state index in [1.165, 1.54) is 4.80 Å². The fourth-order valence-corrected chi connectivity index (χ4v) is 2.32. The normalized spacial score (nSPS) is 25.6. The van der Waals surface area contributed by atoms with Gasteiger partial charge in [-0.25, -0.2) is 0 Å². The summed E-state index contributed by atoms with van der Waals surface area (Å²) in [5.41, 5.74) is 0. The number of hydrogen-bond acceptors (Lipinski definition) is 5. The number of hydrogen-bond donors (Lipinski definition) is 1. The van der Waals surface area contributed by atoms with Gasteiger partial charge in [-0.15, -0.1) is 10.2 Å². The number of tetrazole rings is 1. The maximum absolute atomic E-state index is 9.91. The van der Waals surface area contributed by atoms with E-state index in [9.17, 15) is 5.11 Å². The molecule has 0 spiro atoms. The molecule has 17 heavy (non-hydrogen) atoms. The molecule has 2 rings (SSSR count). The molecular formula is C11H20N4O2. The Labute approximate surface area is 101 Å². The van der Waals surface area contributed by atoms with Gasteiger partial charge in [0.05, 0.1) is 19.3 Å². The molecular weight excluding hydrogens is 220 g/mol. The molecule has 0 aliphatic heterocycles. The lowest BCUT2D eigenvalue weighted by atomic mass is 9.78. The second-order valence-corrected chi connectivity index (χ2v) is 4.70. The molecule has 1 fully saturated rings. The predicted octanol–water partition coefficient (Wildman–Crippen LogP) is 0.319. The zero-order valence-corrected chi connectivity index (χ0v) is 10.4. The number of nitrogens with zero attached hydrogens (tertiary/aromatic N) is 4. The van der Waals surface area contributed by atoms with E-state index < -0.39 is 0 Å². The highest BCUT2D eigenvalue weighted by Crippen LogP contribution is 2.33. The molecule has 1 aliphatic carbocycles. The van der Waals surface area contributed by atoms with Gasteiger partial charge in [-0.1, -0.05) is 0 Å². The molecule has 1 N–H and O–H groups in total. The topological polar surface area (TPSA) is 73.1 Å². The molecule has 1 saturated carbocycles. The minimum Gasteiger partial charge on any atom is -0.393 e. The lowest BCUT2D eigenvalue weighted by molar-refractivity contribution is -0.0377. The van der Waals surface area contributed by atoms with Crippen LogP contribution in [-0.2, 0) is 18.2 Å². The molecule has 6 heteroatoms. The van der Waals surface area contributed by atoms with Gasteiger partial charge < -0.3 is 9.84 Å². The zero-order chi connectivity index (χ0) is 12.3. The average molecular weight is 240 g/mol. The van der Waals surface area contributed by atoms with Gasteiger partial charge in [0.1, 0.15) is 0 Å². The van der Waals surface area contributed by atoms with E-state index in [0.717, 1.165) is 25.9 Å². The molecule has 0 radical (unpaired) electrons. The highest BCUT2D eigenvalue weighted by atomic mass is 16.5. The van der Waals surface area contributed by atoms with Gasteiger partial charge in [-0.3, -0.25) is 0 Å². The molecule has 1 heterocycles. The summed E-state index contributed by atoms with van der Waals surface area (Å²) >= 11 is 0. The number of aryl methyl sites for hydroxylation is 1. The van der Waals surface area contributed by atoms with Gasteiger partial charge in [0.15, 0.2) is 5.82 Å². The summed E-state index contributed by atoms with van der Waals surface area (Å²) in [5.74, 6) is 1.19. The standard InChI is InChI=1S/C11H20N4O2/c1-3-17-10-5-8(6-10)4-9(16)7-11-12-14-15(2)13-11/h8-10,16H,3-7H2,1-2H3. The first-order chi connectivity index (χ1) is 8.17. The molecule has 0 bridgehead atoms. The lowest BCUT2D eigenvalue weighted by Gasteiger charge is -2.35. The maximum Gasteiger partial charge on any atom is 0.177 e. The minimum absolute atomic E-state index is 0.369. The van der Waals surface area contributed by atoms with Gasteiger partial charge in [0.2, 0.25) is 0 Å². The van der Waals surface area contributed by atoms with Crippen LogP contribution in [0.1, 0.15) is 32.0 Å². The minimum atomic E-state index is -0.369. The molecule has 96 valence electrons. The van der Waals surface area contributed by atoms with Crippen molar-refractivity contribution in [3.05, 3.63) is 5.82 Å². The van der Waals surface area contributed by atoms with E-state index in [4.69, 9.17) is 4.74 Å². The van der Waals surface area contributed by atoms with Crippen LogP contribution < -0.4 is 0 Å². The summed E-state index contributed by atoms with van der Waals surface area (Å²) in [6, 6.07) is 0. The van der Waals surface area contributed by atoms with Crippen molar-refractivity contribution in [3.63, 3.8) is 0 Å². The summed E-state index contributed by atoms with van der Waals surface area (Å²) in [7, 11) is 1.72. The summed E-state index contributed by atoms with van der Waals surface area (Å²) in [6.45, 7) is 2.80. The van der Waals surface area contributed by atoms with E-state index >= 15 is 0 Å². The molecule has 0 aromatic carbocycles. The SMILES string of the molecule is CCOC1CC(CC(O)Cc2nnn(C)n2)C1. The number of aliphatic hydroxyl groups is 1. The highest BCUT2D eigenvalue weighted by molar-refractivity contribution is 4.86. The molecule has 0 amide bonds. The highest BCUT2D eigenvalue weighted by Gasteiger charge is 2.31. The second-order valence-electron chi connectivity index (χ2n) is 4.70. The Kier molecular flexibility index (Phi) is 4.06. The van der Waals surface area contributed by atoms with E-state index in [1.54, 1.807) is 7.05 Å². The summed E-state index contributed by atoms with van der Waals surface area (Å²) in [4.78, 5) is 1.41. The van der Waals surface area contributed by atoms with Crippen molar-refractivity contribution in [2.75, 3.05) is 6.61 Å². The van der Waals surface area contributed by atoms with Crippen molar-refractivity contribution < 1.29 is 9.84 Å². The fraction of sp³-hybridized carbons (Fsp3) is 0.909. The Hall–Kier alpha value is -1.01. The first-order valence-electron chi connectivity index (χ1n) is 6.20. The van der Waals surface area contributed by atoms with Crippen molar-refractivity contribution in [1.82, 2.24) is 20.2 Å². The van der Waals surface area contributed by atoms with Crippen LogP contribution in [0.4, 0.5) is 0 Å². The third-order valence-corrected chi connectivity index (χ3v) is 3.17. The van der Waals surface area contributed by atoms with Crippen LogP contribution >= 0.6 is 0 Å². The molecule has 1 aliphatic rings. The lowest BCUT2D eigenvalue weighted by Crippen LogP contribution is -2.34. The van der Waals surface area contributed by atoms with Gasteiger partial charge in [-0.05, 0) is 37.3 Å². The Balaban J connectivity index is 1.67. The third-order valence-electron chi connectivity index (χ3n) is 3.17. The quantitative estimate of drug-likeness (QED) is 0.775. The van der Waals surface area contributed by atoms with Gasteiger partial charge >= 0.3 is 0 Å². The van der Waals surface area contributed by atoms with E-state index in [0.29, 0.717) is 24.3 Å². The van der Waals surface area contributed by atoms with Crippen LogP contribution in [0.3, 0.4) is 0 Å². The van der Waals surface area contributed by atoms with Crippen molar-refractivity contribution in [2.45, 2.75) is 44.8 Å². The van der Waals surface area contributed by atoms with Crippen LogP contribution in [0, 0.1) is 5.92 Å². The average Bonchev–Trinajstić information content (AvgIpc) is 2.61. The number of aromatic nitrogens is 4. The van der Waals surface area contributed by atoms with Gasteiger partial charge in [-0.2, -0.15) is 4.80 Å². The molecule has 1 unspecified atom stereocenters. The zero-order valence-electron chi connectivity index (χ0n) is 10.4. The monoisotopic (exact) mass is 240 g/mol. The Morgan fingerprint density at radius 3 is 2.88 bits per heavy atom. The van der Waals surface area contributed by atoms with Gasteiger partial charge in [0.25, 0.3) is 0 Å². The number of ether oxygens (including phenoxy) is 1. The van der Waals surface area contributed by atoms with Crippen LogP contribution in [0.15, 0.2) is 0 Å². The van der Waals surface area contributed by atoms with Crippen LogP contribution in [0.2, 0.25) is 0 Å². The van der Waals surface area contributed by atoms with Crippen LogP contribution in [0.5, 0.6) is 0 Å². The molecule has 0 saturated heterocycles. The first-order valence-corrected chi connectivity index (χ1v) is 6.20. The maximum atomic E-state index is 9.91. The van der Waals surface area contributed by atoms with Crippen LogP contribution in [0.25, 0.3) is 0 Å². The molecule has 1 aromatic rings. The Morgan fingerprint density at radius 1 is 1.53 bits per heavy atom. The Bertz CT molecular complexity index is 349. The van der Waals surface area contributed by atoms with E-state index in [1.807, 2.05) is 6.92 Å². The summed E-state index contributed by atoms with van der Waals surface area (Å²) < 4.78 is 5.49. The van der Waals surface area contributed by atoms with Crippen molar-refractivity contribution >= 4 is 0 Å². The fourth-order valence-electron chi connectivity index (χ4n) is 2.32. The first kappa shape index (κ1) is 12.4. The second kappa shape index (κ2) is 5.55. The Morgan fingerprint density at radius 2 is 2.29 bits per heavy atom. The predicted molar refractivity (Wildman–Crippen MR) is 61.3 cm³/mol. The summed E-state index contributed by atoms with van der Waals surface area (Å²) in [6.07, 6.45) is 3.47. The van der Waals surface area contributed by atoms with E-state index in [-0.39, 0.29) is 6.10 Å². The van der Waals surface area contributed by atoms with Crippen molar-refractivity contribution in [1.29, 1.82) is 0 Å². The van der Waals surface area contributed by atoms with Crippen molar-refractivity contribution in [3.8, 4) is 0 Å². The largest absolute Gasteiger partial charge is 0.393 e. The van der Waals surface area contributed by atoms with Crippen molar-refractivity contribution in [2.24, 2.45) is 13.0 Å². The number of aliphatic hydroxyl groups excluding tert-OH is 1. The number of rotatable bonds is 6. The van der Waals surface area contributed by atoms with Gasteiger partial charge in [0, 0.05) is 13.0 Å².